The summed E-state index contributed by atoms with van der Waals surface area (Å²) in [5.74, 6) is 0.410. The van der Waals surface area contributed by atoms with Gasteiger partial charge in [0.25, 0.3) is 0 Å². The number of hydrogen-bond acceptors (Lipinski definition) is 4. The highest BCUT2D eigenvalue weighted by Crippen LogP contribution is 2.36. The lowest BCUT2D eigenvalue weighted by Gasteiger charge is -2.39. The molecule has 1 atom stereocenters. The summed E-state index contributed by atoms with van der Waals surface area (Å²) in [4.78, 5) is 16.6. The molecule has 1 aliphatic heterocycles. The molecule has 3 rings (SSSR count). The summed E-state index contributed by atoms with van der Waals surface area (Å²) in [7, 11) is 1.48. The lowest BCUT2D eigenvalue weighted by molar-refractivity contribution is -0.148. The van der Waals surface area contributed by atoms with E-state index in [0.717, 1.165) is 49.7 Å². The molecule has 0 radical (unpaired) electrons. The van der Waals surface area contributed by atoms with Gasteiger partial charge in [-0.05, 0) is 30.9 Å². The summed E-state index contributed by atoms with van der Waals surface area (Å²) in [5.41, 5.74) is 1.08. The highest BCUT2D eigenvalue weighted by molar-refractivity contribution is 6.33. The number of benzene rings is 1. The minimum absolute atomic E-state index is 0.0524. The third-order valence-electron chi connectivity index (χ3n) is 4.41. The van der Waals surface area contributed by atoms with Gasteiger partial charge >= 0.3 is 5.97 Å². The number of hydrogen-bond donors (Lipinski definition) is 0. The van der Waals surface area contributed by atoms with E-state index in [1.807, 2.05) is 18.2 Å². The molecule has 1 saturated heterocycles. The van der Waals surface area contributed by atoms with Crippen molar-refractivity contribution in [3.8, 4) is 0 Å². The van der Waals surface area contributed by atoms with Crippen LogP contribution < -0.4 is 4.90 Å². The molecule has 0 spiro atoms. The number of anilines is 1. The second-order valence-corrected chi connectivity index (χ2v) is 6.19. The number of ether oxygens (including phenoxy) is 1. The third kappa shape index (κ3) is 3.16. The van der Waals surface area contributed by atoms with Crippen molar-refractivity contribution < 1.29 is 9.53 Å². The van der Waals surface area contributed by atoms with Crippen LogP contribution in [0.5, 0.6) is 0 Å². The first-order valence-electron chi connectivity index (χ1n) is 7.52. The van der Waals surface area contributed by atoms with Gasteiger partial charge in [-0.2, -0.15) is 0 Å². The largest absolute Gasteiger partial charge is 0.468 e. The number of carbonyl (C=O) groups is 1. The zero-order valence-electron chi connectivity index (χ0n) is 12.3. The SMILES string of the molecule is COC(=O)C(C1CC1)N1CCN(c2ccccc2Cl)CC1. The fourth-order valence-electron chi connectivity index (χ4n) is 3.12. The molecule has 5 heteroatoms. The zero-order valence-corrected chi connectivity index (χ0v) is 13.1. The Kier molecular flexibility index (Phi) is 4.36. The molecule has 1 unspecified atom stereocenters. The van der Waals surface area contributed by atoms with Gasteiger partial charge in [0.15, 0.2) is 0 Å². The van der Waals surface area contributed by atoms with E-state index < -0.39 is 0 Å². The Morgan fingerprint density at radius 1 is 1.24 bits per heavy atom. The van der Waals surface area contributed by atoms with E-state index in [1.54, 1.807) is 0 Å². The minimum Gasteiger partial charge on any atom is -0.468 e. The maximum absolute atomic E-state index is 12.0. The summed E-state index contributed by atoms with van der Waals surface area (Å²) in [6.07, 6.45) is 2.29. The summed E-state index contributed by atoms with van der Waals surface area (Å²) in [5, 5.41) is 0.790. The van der Waals surface area contributed by atoms with Crippen LogP contribution in [0.3, 0.4) is 0 Å². The maximum atomic E-state index is 12.0. The molecule has 0 amide bonds. The summed E-state index contributed by atoms with van der Waals surface area (Å²) in [6, 6.07) is 7.88. The topological polar surface area (TPSA) is 32.8 Å². The van der Waals surface area contributed by atoms with E-state index in [2.05, 4.69) is 15.9 Å². The molecule has 114 valence electrons. The van der Waals surface area contributed by atoms with Crippen molar-refractivity contribution in [2.75, 3.05) is 38.2 Å². The molecule has 4 nitrogen and oxygen atoms in total. The van der Waals surface area contributed by atoms with E-state index in [9.17, 15) is 4.79 Å². The maximum Gasteiger partial charge on any atom is 0.323 e. The molecular weight excluding hydrogens is 288 g/mol. The molecule has 1 aromatic rings. The van der Waals surface area contributed by atoms with Crippen molar-refractivity contribution in [1.82, 2.24) is 4.90 Å². The average Bonchev–Trinajstić information content (AvgIpc) is 3.33. The van der Waals surface area contributed by atoms with E-state index in [4.69, 9.17) is 16.3 Å². The Morgan fingerprint density at radius 2 is 1.90 bits per heavy atom. The third-order valence-corrected chi connectivity index (χ3v) is 4.73. The Morgan fingerprint density at radius 3 is 2.48 bits per heavy atom. The molecule has 0 aromatic heterocycles. The van der Waals surface area contributed by atoms with E-state index in [0.29, 0.717) is 5.92 Å². The standard InChI is InChI=1S/C16H21ClN2O2/c1-21-16(20)15(12-6-7-12)19-10-8-18(9-11-19)14-5-3-2-4-13(14)17/h2-5,12,15H,6-11H2,1H3. The number of rotatable bonds is 4. The lowest BCUT2D eigenvalue weighted by atomic mass is 10.1. The van der Waals surface area contributed by atoms with Crippen molar-refractivity contribution in [1.29, 1.82) is 0 Å². The number of halogens is 1. The van der Waals surface area contributed by atoms with Gasteiger partial charge in [-0.25, -0.2) is 0 Å². The highest BCUT2D eigenvalue weighted by Gasteiger charge is 2.41. The second kappa shape index (κ2) is 6.24. The van der Waals surface area contributed by atoms with Gasteiger partial charge in [0.2, 0.25) is 0 Å². The van der Waals surface area contributed by atoms with Crippen molar-refractivity contribution in [3.05, 3.63) is 29.3 Å². The van der Waals surface area contributed by atoms with Gasteiger partial charge in [-0.15, -0.1) is 0 Å². The highest BCUT2D eigenvalue weighted by atomic mass is 35.5. The van der Waals surface area contributed by atoms with Gasteiger partial charge in [-0.3, -0.25) is 9.69 Å². The molecule has 0 bridgehead atoms. The molecule has 2 aliphatic rings. The van der Waals surface area contributed by atoms with Crippen LogP contribution >= 0.6 is 11.6 Å². The molecular formula is C16H21ClN2O2. The number of carbonyl (C=O) groups excluding carboxylic acids is 1. The fourth-order valence-corrected chi connectivity index (χ4v) is 3.38. The quantitative estimate of drug-likeness (QED) is 0.800. The molecule has 1 saturated carbocycles. The zero-order chi connectivity index (χ0) is 14.8. The Balaban J connectivity index is 1.64. The predicted octanol–water partition coefficient (Wildman–Crippen LogP) is 2.41. The number of piperazine rings is 1. The number of nitrogens with zero attached hydrogens (tertiary/aromatic N) is 2. The van der Waals surface area contributed by atoms with Crippen LogP contribution in [-0.4, -0.2) is 50.2 Å². The van der Waals surface area contributed by atoms with Gasteiger partial charge in [0, 0.05) is 26.2 Å². The molecule has 1 heterocycles. The number of para-hydroxylation sites is 1. The Bertz CT molecular complexity index is 511. The van der Waals surface area contributed by atoms with Crippen molar-refractivity contribution in [2.24, 2.45) is 5.92 Å². The van der Waals surface area contributed by atoms with Gasteiger partial charge in [0.05, 0.1) is 17.8 Å². The van der Waals surface area contributed by atoms with Crippen LogP contribution in [0.2, 0.25) is 5.02 Å². The van der Waals surface area contributed by atoms with E-state index in [-0.39, 0.29) is 12.0 Å². The minimum atomic E-state index is -0.0799. The van der Waals surface area contributed by atoms with Crippen LogP contribution in [0.1, 0.15) is 12.8 Å². The lowest BCUT2D eigenvalue weighted by Crippen LogP contribution is -2.53. The van der Waals surface area contributed by atoms with Crippen LogP contribution in [0.4, 0.5) is 5.69 Å². The van der Waals surface area contributed by atoms with Gasteiger partial charge < -0.3 is 9.64 Å². The number of esters is 1. The Labute approximate surface area is 130 Å². The van der Waals surface area contributed by atoms with Crippen LogP contribution in [0, 0.1) is 5.92 Å². The summed E-state index contributed by atoms with van der Waals surface area (Å²) < 4.78 is 4.98. The first-order chi connectivity index (χ1) is 10.2. The molecule has 0 N–H and O–H groups in total. The second-order valence-electron chi connectivity index (χ2n) is 5.78. The molecule has 1 aliphatic carbocycles. The van der Waals surface area contributed by atoms with Gasteiger partial charge in [-0.1, -0.05) is 23.7 Å². The first kappa shape index (κ1) is 14.7. The van der Waals surface area contributed by atoms with Crippen molar-refractivity contribution >= 4 is 23.3 Å². The Hall–Kier alpha value is -1.26. The van der Waals surface area contributed by atoms with Gasteiger partial charge in [0.1, 0.15) is 6.04 Å². The monoisotopic (exact) mass is 308 g/mol. The molecule has 1 aromatic carbocycles. The number of methoxy groups -OCH3 is 1. The van der Waals surface area contributed by atoms with Crippen molar-refractivity contribution in [2.45, 2.75) is 18.9 Å². The summed E-state index contributed by atoms with van der Waals surface area (Å²) in [6.45, 7) is 3.54. The normalized spacial score (nSPS) is 21.1. The fraction of sp³-hybridized carbons (Fsp3) is 0.562. The van der Waals surface area contributed by atoms with Crippen LogP contribution in [0.25, 0.3) is 0 Å². The van der Waals surface area contributed by atoms with E-state index >= 15 is 0 Å². The van der Waals surface area contributed by atoms with Crippen LogP contribution in [0.15, 0.2) is 24.3 Å². The molecule has 2 fully saturated rings. The summed E-state index contributed by atoms with van der Waals surface area (Å²) >= 11 is 6.26. The molecule has 21 heavy (non-hydrogen) atoms. The van der Waals surface area contributed by atoms with Crippen molar-refractivity contribution in [3.63, 3.8) is 0 Å². The smallest absolute Gasteiger partial charge is 0.323 e. The first-order valence-corrected chi connectivity index (χ1v) is 7.90. The van der Waals surface area contributed by atoms with Crippen LogP contribution in [-0.2, 0) is 9.53 Å². The van der Waals surface area contributed by atoms with E-state index in [1.165, 1.54) is 7.11 Å². The average molecular weight is 309 g/mol. The predicted molar refractivity (Wildman–Crippen MR) is 83.8 cm³/mol.